The Kier molecular flexibility index (Phi) is 2.87. The molecule has 66 valence electrons. The first-order valence-electron chi connectivity index (χ1n) is 4.20. The number of hydrogen-bond donors (Lipinski definition) is 2. The van der Waals surface area contributed by atoms with Crippen molar-refractivity contribution in [2.45, 2.75) is 38.5 Å². The molecule has 1 aliphatic rings. The van der Waals surface area contributed by atoms with Gasteiger partial charge in [0.25, 0.3) is 0 Å². The minimum Gasteiger partial charge on any atom is -0.396 e. The van der Waals surface area contributed by atoms with E-state index in [0.29, 0.717) is 6.10 Å². The predicted octanol–water partition coefficient (Wildman–Crippen LogP) is 0.483. The lowest BCUT2D eigenvalue weighted by Gasteiger charge is -2.23. The van der Waals surface area contributed by atoms with Crippen LogP contribution in [0.25, 0.3) is 0 Å². The Bertz CT molecular complexity index is 129. The van der Waals surface area contributed by atoms with Crippen molar-refractivity contribution >= 4 is 0 Å². The number of nitrogens with one attached hydrogen (secondary N) is 1. The molecule has 0 aliphatic carbocycles. The molecule has 1 fully saturated rings. The monoisotopic (exact) mass is 159 g/mol. The van der Waals surface area contributed by atoms with Crippen molar-refractivity contribution in [3.8, 4) is 0 Å². The van der Waals surface area contributed by atoms with E-state index in [1.54, 1.807) is 0 Å². The van der Waals surface area contributed by atoms with E-state index in [1.807, 2.05) is 6.92 Å². The quantitative estimate of drug-likeness (QED) is 0.629. The van der Waals surface area contributed by atoms with Gasteiger partial charge in [0.05, 0.1) is 6.10 Å². The summed E-state index contributed by atoms with van der Waals surface area (Å²) in [6.07, 6.45) is 1.99. The molecule has 0 amide bonds. The van der Waals surface area contributed by atoms with Crippen LogP contribution in [0.2, 0.25) is 0 Å². The fourth-order valence-electron chi connectivity index (χ4n) is 1.45. The maximum atomic E-state index is 8.62. The molecule has 3 heteroatoms. The summed E-state index contributed by atoms with van der Waals surface area (Å²) in [5.41, 5.74) is -0.192. The Hall–Kier alpha value is -0.120. The van der Waals surface area contributed by atoms with E-state index in [1.165, 1.54) is 0 Å². The summed E-state index contributed by atoms with van der Waals surface area (Å²) in [6.45, 7) is 5.25. The molecule has 2 atom stereocenters. The largest absolute Gasteiger partial charge is 0.396 e. The molecule has 0 aromatic heterocycles. The smallest absolute Gasteiger partial charge is 0.116 e. The normalized spacial score (nSPS) is 37.9. The Morgan fingerprint density at radius 1 is 1.73 bits per heavy atom. The molecule has 0 radical (unpaired) electrons. The van der Waals surface area contributed by atoms with Crippen LogP contribution in [0.4, 0.5) is 0 Å². The summed E-state index contributed by atoms with van der Waals surface area (Å²) in [4.78, 5) is 0. The zero-order valence-electron chi connectivity index (χ0n) is 7.26. The molecule has 0 saturated carbocycles. The third kappa shape index (κ3) is 2.43. The molecular formula is C8H17NO2. The fraction of sp³-hybridized carbons (Fsp3) is 1.00. The second-order valence-corrected chi connectivity index (χ2v) is 3.37. The molecule has 0 bridgehead atoms. The maximum absolute atomic E-state index is 8.62. The van der Waals surface area contributed by atoms with Gasteiger partial charge in [0, 0.05) is 13.2 Å². The lowest BCUT2D eigenvalue weighted by atomic mass is 10.1. The molecular weight excluding hydrogens is 142 g/mol. The van der Waals surface area contributed by atoms with Crippen LogP contribution in [0.1, 0.15) is 26.7 Å². The average molecular weight is 159 g/mol. The second-order valence-electron chi connectivity index (χ2n) is 3.37. The van der Waals surface area contributed by atoms with E-state index in [9.17, 15) is 0 Å². The second kappa shape index (κ2) is 3.52. The molecule has 1 rings (SSSR count). The minimum atomic E-state index is -0.192. The summed E-state index contributed by atoms with van der Waals surface area (Å²) < 4.78 is 5.63. The van der Waals surface area contributed by atoms with E-state index < -0.39 is 0 Å². The van der Waals surface area contributed by atoms with E-state index in [-0.39, 0.29) is 12.3 Å². The number of rotatable bonds is 3. The van der Waals surface area contributed by atoms with Crippen LogP contribution in [-0.4, -0.2) is 30.1 Å². The molecule has 0 aromatic rings. The first kappa shape index (κ1) is 8.97. The van der Waals surface area contributed by atoms with Crippen molar-refractivity contribution in [2.75, 3.05) is 13.2 Å². The van der Waals surface area contributed by atoms with Crippen LogP contribution in [0.15, 0.2) is 0 Å². The van der Waals surface area contributed by atoms with E-state index in [2.05, 4.69) is 12.2 Å². The highest BCUT2D eigenvalue weighted by Gasteiger charge is 2.32. The third-order valence-corrected chi connectivity index (χ3v) is 2.04. The van der Waals surface area contributed by atoms with Gasteiger partial charge in [-0.25, -0.2) is 0 Å². The highest BCUT2D eigenvalue weighted by Crippen LogP contribution is 2.21. The Morgan fingerprint density at radius 3 is 2.91 bits per heavy atom. The van der Waals surface area contributed by atoms with Crippen LogP contribution < -0.4 is 5.32 Å². The van der Waals surface area contributed by atoms with Gasteiger partial charge in [-0.2, -0.15) is 0 Å². The molecule has 3 nitrogen and oxygen atoms in total. The summed E-state index contributed by atoms with van der Waals surface area (Å²) in [5, 5.41) is 11.9. The molecule has 0 spiro atoms. The minimum absolute atomic E-state index is 0.192. The highest BCUT2D eigenvalue weighted by molar-refractivity contribution is 4.81. The van der Waals surface area contributed by atoms with Crippen molar-refractivity contribution in [3.63, 3.8) is 0 Å². The van der Waals surface area contributed by atoms with Gasteiger partial charge in [-0.05, 0) is 26.7 Å². The number of aliphatic hydroxyl groups excluding tert-OH is 1. The van der Waals surface area contributed by atoms with Crippen molar-refractivity contribution in [3.05, 3.63) is 0 Å². The fourth-order valence-corrected chi connectivity index (χ4v) is 1.45. The van der Waals surface area contributed by atoms with E-state index in [4.69, 9.17) is 9.84 Å². The first-order valence-corrected chi connectivity index (χ1v) is 4.20. The molecule has 2 N–H and O–H groups in total. The Morgan fingerprint density at radius 2 is 2.45 bits per heavy atom. The summed E-state index contributed by atoms with van der Waals surface area (Å²) in [5.74, 6) is 0. The molecule has 2 unspecified atom stereocenters. The average Bonchev–Trinajstić information content (AvgIpc) is 2.28. The zero-order chi connectivity index (χ0) is 8.32. The Balaban J connectivity index is 2.29. The lowest BCUT2D eigenvalue weighted by Crippen LogP contribution is -2.37. The van der Waals surface area contributed by atoms with Crippen molar-refractivity contribution in [1.82, 2.24) is 5.32 Å². The zero-order valence-corrected chi connectivity index (χ0v) is 7.26. The summed E-state index contributed by atoms with van der Waals surface area (Å²) in [7, 11) is 0. The van der Waals surface area contributed by atoms with Crippen molar-refractivity contribution < 1.29 is 9.84 Å². The summed E-state index contributed by atoms with van der Waals surface area (Å²) >= 11 is 0. The predicted molar refractivity (Wildman–Crippen MR) is 43.3 cm³/mol. The lowest BCUT2D eigenvalue weighted by molar-refractivity contribution is -0.0388. The first-order chi connectivity index (χ1) is 5.16. The molecule has 1 aliphatic heterocycles. The van der Waals surface area contributed by atoms with Gasteiger partial charge in [0.1, 0.15) is 5.72 Å². The van der Waals surface area contributed by atoms with Gasteiger partial charge in [0.2, 0.25) is 0 Å². The standard InChI is InChI=1S/C8H17NO2/c1-7-6-9-8(2,11-7)4-3-5-10/h7,9-10H,3-6H2,1-2H3. The van der Waals surface area contributed by atoms with Crippen molar-refractivity contribution in [1.29, 1.82) is 0 Å². The number of aliphatic hydroxyl groups is 1. The van der Waals surface area contributed by atoms with Gasteiger partial charge in [-0.3, -0.25) is 5.32 Å². The topological polar surface area (TPSA) is 41.5 Å². The van der Waals surface area contributed by atoms with E-state index in [0.717, 1.165) is 19.4 Å². The van der Waals surface area contributed by atoms with Gasteiger partial charge < -0.3 is 9.84 Å². The summed E-state index contributed by atoms with van der Waals surface area (Å²) in [6, 6.07) is 0. The van der Waals surface area contributed by atoms with Gasteiger partial charge in [-0.1, -0.05) is 0 Å². The highest BCUT2D eigenvalue weighted by atomic mass is 16.5. The van der Waals surface area contributed by atoms with Gasteiger partial charge in [0.15, 0.2) is 0 Å². The third-order valence-electron chi connectivity index (χ3n) is 2.04. The maximum Gasteiger partial charge on any atom is 0.116 e. The molecule has 0 aromatic carbocycles. The van der Waals surface area contributed by atoms with Crippen LogP contribution >= 0.6 is 0 Å². The van der Waals surface area contributed by atoms with E-state index >= 15 is 0 Å². The van der Waals surface area contributed by atoms with Crippen LogP contribution in [0.3, 0.4) is 0 Å². The van der Waals surface area contributed by atoms with Gasteiger partial charge >= 0.3 is 0 Å². The van der Waals surface area contributed by atoms with Gasteiger partial charge in [-0.15, -0.1) is 0 Å². The number of hydrogen-bond acceptors (Lipinski definition) is 3. The Labute approximate surface area is 67.7 Å². The molecule has 11 heavy (non-hydrogen) atoms. The SMILES string of the molecule is CC1CNC(C)(CCCO)O1. The van der Waals surface area contributed by atoms with Crippen LogP contribution in [0.5, 0.6) is 0 Å². The number of ether oxygens (including phenoxy) is 1. The van der Waals surface area contributed by atoms with Crippen molar-refractivity contribution in [2.24, 2.45) is 0 Å². The molecule has 1 saturated heterocycles. The van der Waals surface area contributed by atoms with Crippen LogP contribution in [-0.2, 0) is 4.74 Å². The van der Waals surface area contributed by atoms with Crippen LogP contribution in [0, 0.1) is 0 Å². The molecule has 1 heterocycles.